The van der Waals surface area contributed by atoms with Crippen molar-refractivity contribution in [2.75, 3.05) is 39.6 Å². The first kappa shape index (κ1) is 105. The zero-order chi connectivity index (χ0) is 78.5. The van der Waals surface area contributed by atoms with Crippen LogP contribution in [0.25, 0.3) is 0 Å². The van der Waals surface area contributed by atoms with E-state index in [0.717, 1.165) is 102 Å². The van der Waals surface area contributed by atoms with Crippen LogP contribution < -0.4 is 0 Å². The molecule has 0 amide bonds. The van der Waals surface area contributed by atoms with Crippen molar-refractivity contribution in [3.05, 3.63) is 0 Å². The van der Waals surface area contributed by atoms with Crippen molar-refractivity contribution >= 4 is 39.5 Å². The second-order valence-corrected chi connectivity index (χ2v) is 35.5. The van der Waals surface area contributed by atoms with Crippen molar-refractivity contribution in [2.24, 2.45) is 11.8 Å². The minimum Gasteiger partial charge on any atom is -0.462 e. The number of ether oxygens (including phenoxy) is 4. The minimum atomic E-state index is -4.97. The summed E-state index contributed by atoms with van der Waals surface area (Å²) in [6, 6.07) is 0. The van der Waals surface area contributed by atoms with Crippen LogP contribution in [-0.4, -0.2) is 96.7 Å². The molecule has 636 valence electrons. The van der Waals surface area contributed by atoms with E-state index in [4.69, 9.17) is 37.0 Å². The van der Waals surface area contributed by atoms with E-state index >= 15 is 0 Å². The molecule has 0 bridgehead atoms. The molecule has 19 heteroatoms. The third-order valence-corrected chi connectivity index (χ3v) is 22.6. The fourth-order valence-corrected chi connectivity index (χ4v) is 15.4. The normalized spacial score (nSPS) is 13.8. The van der Waals surface area contributed by atoms with Crippen LogP contribution >= 0.6 is 15.6 Å². The Morgan fingerprint density at radius 3 is 0.636 bits per heavy atom. The van der Waals surface area contributed by atoms with E-state index in [1.165, 1.54) is 289 Å². The third kappa shape index (κ3) is 81.9. The number of aliphatic hydroxyl groups is 1. The Kier molecular flexibility index (Phi) is 77.9. The van der Waals surface area contributed by atoms with Gasteiger partial charge in [-0.2, -0.15) is 0 Å². The van der Waals surface area contributed by atoms with Crippen molar-refractivity contribution in [3.63, 3.8) is 0 Å². The lowest BCUT2D eigenvalue weighted by molar-refractivity contribution is -0.161. The first-order valence-corrected chi connectivity index (χ1v) is 48.5. The van der Waals surface area contributed by atoms with Crippen LogP contribution in [0.4, 0.5) is 0 Å². The maximum absolute atomic E-state index is 13.2. The van der Waals surface area contributed by atoms with Gasteiger partial charge in [0, 0.05) is 25.7 Å². The van der Waals surface area contributed by atoms with Gasteiger partial charge < -0.3 is 33.8 Å². The molecule has 0 aromatic rings. The standard InChI is InChI=1S/C88H172O17P2/c1-7-9-11-13-15-17-19-21-22-29-36-42-48-54-60-66-72-87(92)104-83(76-98-85(90)70-64-58-52-46-40-32-20-18-16-14-12-10-8-2)78-102-106(94,95)100-74-82(89)75-101-107(96,97)103-79-84(105-88(93)73-67-61-55-49-43-37-31-26-24-28-34-39-45-51-57-63-69-81(5)6)77-99-86(91)71-65-59-53-47-41-35-30-25-23-27-33-38-44-50-56-62-68-80(3)4/h80-84,89H,7-79H2,1-6H3,(H,94,95)(H,96,97)/t82-,83+,84+/m0/s1. The van der Waals surface area contributed by atoms with E-state index in [-0.39, 0.29) is 25.7 Å². The molecular formula is C88H172O17P2. The van der Waals surface area contributed by atoms with E-state index in [2.05, 4.69) is 41.5 Å². The summed E-state index contributed by atoms with van der Waals surface area (Å²) in [4.78, 5) is 73.3. The van der Waals surface area contributed by atoms with Gasteiger partial charge in [-0.15, -0.1) is 0 Å². The molecule has 0 spiro atoms. The smallest absolute Gasteiger partial charge is 0.462 e. The fourth-order valence-electron chi connectivity index (χ4n) is 13.8. The predicted octanol–water partition coefficient (Wildman–Crippen LogP) is 27.0. The molecule has 0 radical (unpaired) electrons. The third-order valence-electron chi connectivity index (χ3n) is 20.7. The molecule has 0 fully saturated rings. The number of hydrogen-bond acceptors (Lipinski definition) is 15. The number of unbranched alkanes of at least 4 members (excludes halogenated alkanes) is 57. The van der Waals surface area contributed by atoms with Crippen LogP contribution in [0, 0.1) is 11.8 Å². The van der Waals surface area contributed by atoms with Gasteiger partial charge in [-0.1, -0.05) is 420 Å². The van der Waals surface area contributed by atoms with E-state index in [9.17, 15) is 43.2 Å². The van der Waals surface area contributed by atoms with Gasteiger partial charge in [-0.3, -0.25) is 37.3 Å². The van der Waals surface area contributed by atoms with E-state index in [1.54, 1.807) is 0 Å². The van der Waals surface area contributed by atoms with Crippen molar-refractivity contribution in [1.29, 1.82) is 0 Å². The maximum Gasteiger partial charge on any atom is 0.472 e. The number of esters is 4. The fraction of sp³-hybridized carbons (Fsp3) is 0.955. The van der Waals surface area contributed by atoms with Gasteiger partial charge >= 0.3 is 39.5 Å². The van der Waals surface area contributed by atoms with Gasteiger partial charge in [0.05, 0.1) is 26.4 Å². The van der Waals surface area contributed by atoms with Gasteiger partial charge in [0.2, 0.25) is 0 Å². The first-order chi connectivity index (χ1) is 51.9. The summed E-state index contributed by atoms with van der Waals surface area (Å²) in [5, 5.41) is 10.7. The summed E-state index contributed by atoms with van der Waals surface area (Å²) in [6.07, 6.45) is 72.1. The lowest BCUT2D eigenvalue weighted by atomic mass is 10.0. The SMILES string of the molecule is CCCCCCCCCCCCCCCCCCC(=O)O[C@H](COC(=O)CCCCCCCCCCCCCCC)COP(=O)(O)OC[C@H](O)COP(=O)(O)OC[C@@H](COC(=O)CCCCCCCCCCCCCCCCCCC(C)C)OC(=O)CCCCCCCCCCCCCCCCCCC(C)C. The molecule has 0 rings (SSSR count). The highest BCUT2D eigenvalue weighted by molar-refractivity contribution is 7.47. The van der Waals surface area contributed by atoms with Crippen LogP contribution in [0.1, 0.15) is 472 Å². The lowest BCUT2D eigenvalue weighted by Gasteiger charge is -2.21. The van der Waals surface area contributed by atoms with Crippen molar-refractivity contribution < 1.29 is 80.2 Å². The minimum absolute atomic E-state index is 0.109. The first-order valence-electron chi connectivity index (χ1n) is 45.5. The highest BCUT2D eigenvalue weighted by Crippen LogP contribution is 2.45. The number of aliphatic hydroxyl groups excluding tert-OH is 1. The molecule has 0 saturated heterocycles. The Morgan fingerprint density at radius 2 is 0.430 bits per heavy atom. The summed E-state index contributed by atoms with van der Waals surface area (Å²) in [6.45, 7) is 9.76. The van der Waals surface area contributed by atoms with Crippen molar-refractivity contribution in [3.8, 4) is 0 Å². The second-order valence-electron chi connectivity index (χ2n) is 32.6. The van der Waals surface area contributed by atoms with Gasteiger partial charge in [-0.05, 0) is 37.5 Å². The van der Waals surface area contributed by atoms with Gasteiger partial charge in [0.1, 0.15) is 19.3 Å². The Hall–Kier alpha value is -1.94. The summed E-state index contributed by atoms with van der Waals surface area (Å²) in [5.41, 5.74) is 0. The molecule has 0 saturated carbocycles. The predicted molar refractivity (Wildman–Crippen MR) is 442 cm³/mol. The highest BCUT2D eigenvalue weighted by atomic mass is 31.2. The monoisotopic (exact) mass is 1560 g/mol. The number of phosphoric acid groups is 2. The summed E-state index contributed by atoms with van der Waals surface area (Å²) in [5.74, 6) is -0.474. The van der Waals surface area contributed by atoms with E-state index in [1.807, 2.05) is 0 Å². The lowest BCUT2D eigenvalue weighted by Crippen LogP contribution is -2.30. The molecule has 0 aromatic heterocycles. The zero-order valence-electron chi connectivity index (χ0n) is 70.5. The molecule has 107 heavy (non-hydrogen) atoms. The Bertz CT molecular complexity index is 2050. The molecule has 17 nitrogen and oxygen atoms in total. The van der Waals surface area contributed by atoms with Gasteiger partial charge in [-0.25, -0.2) is 9.13 Å². The molecule has 0 heterocycles. The maximum atomic E-state index is 13.2. The molecule has 2 unspecified atom stereocenters. The van der Waals surface area contributed by atoms with Crippen molar-refractivity contribution in [1.82, 2.24) is 0 Å². The topological polar surface area (TPSA) is 237 Å². The number of hydrogen-bond donors (Lipinski definition) is 3. The van der Waals surface area contributed by atoms with Crippen LogP contribution in [0.3, 0.4) is 0 Å². The zero-order valence-corrected chi connectivity index (χ0v) is 72.2. The average Bonchev–Trinajstić information content (AvgIpc) is 0.901. The molecule has 0 aliphatic rings. The summed E-state index contributed by atoms with van der Waals surface area (Å²) < 4.78 is 69.0. The Labute approximate surface area is 658 Å². The molecule has 0 aliphatic heterocycles. The number of carbonyl (C=O) groups is 4. The number of carbonyl (C=O) groups excluding carboxylic acids is 4. The molecule has 5 atom stereocenters. The highest BCUT2D eigenvalue weighted by Gasteiger charge is 2.30. The largest absolute Gasteiger partial charge is 0.472 e. The number of rotatable bonds is 87. The van der Waals surface area contributed by atoms with Crippen LogP contribution in [-0.2, 0) is 65.4 Å². The Balaban J connectivity index is 5.26. The Morgan fingerprint density at radius 1 is 0.252 bits per heavy atom. The molecule has 0 aliphatic carbocycles. The average molecular weight is 1560 g/mol. The van der Waals surface area contributed by atoms with Crippen LogP contribution in [0.5, 0.6) is 0 Å². The molecule has 3 N–H and O–H groups in total. The summed E-state index contributed by atoms with van der Waals surface area (Å²) in [7, 11) is -9.93. The van der Waals surface area contributed by atoms with E-state index in [0.29, 0.717) is 25.7 Å². The van der Waals surface area contributed by atoms with Crippen LogP contribution in [0.15, 0.2) is 0 Å². The quantitative estimate of drug-likeness (QED) is 0.0222. The van der Waals surface area contributed by atoms with E-state index < -0.39 is 97.5 Å². The number of phosphoric ester groups is 2. The van der Waals surface area contributed by atoms with Gasteiger partial charge in [0.25, 0.3) is 0 Å². The van der Waals surface area contributed by atoms with Crippen LogP contribution in [0.2, 0.25) is 0 Å². The molecule has 0 aromatic carbocycles. The molecular weight excluding hydrogens is 1390 g/mol. The summed E-state index contributed by atoms with van der Waals surface area (Å²) >= 11 is 0. The second kappa shape index (κ2) is 79.3. The van der Waals surface area contributed by atoms with Crippen molar-refractivity contribution in [2.45, 2.75) is 490 Å². The van der Waals surface area contributed by atoms with Gasteiger partial charge in [0.15, 0.2) is 12.2 Å².